The summed E-state index contributed by atoms with van der Waals surface area (Å²) in [6.45, 7) is 10.4. The lowest BCUT2D eigenvalue weighted by Crippen LogP contribution is -2.47. The maximum atomic E-state index is 13.8. The second-order valence-electron chi connectivity index (χ2n) is 13.1. The first kappa shape index (κ1) is 39.3. The summed E-state index contributed by atoms with van der Waals surface area (Å²) < 4.78 is 31.4. The number of hydrogen-bond donors (Lipinski definition) is 0. The lowest BCUT2D eigenvalue weighted by atomic mass is 10.1. The monoisotopic (exact) mass is 755 g/mol. The molecule has 1 amide bonds. The Balaban J connectivity index is 0.00000541. The van der Waals surface area contributed by atoms with Crippen LogP contribution in [0.25, 0.3) is 6.08 Å². The number of benzene rings is 4. The van der Waals surface area contributed by atoms with Gasteiger partial charge in [-0.2, -0.15) is 0 Å². The van der Waals surface area contributed by atoms with Crippen LogP contribution in [0, 0.1) is 26.6 Å². The third-order valence-corrected chi connectivity index (χ3v) is 9.30. The van der Waals surface area contributed by atoms with E-state index in [0.29, 0.717) is 47.7 Å². The van der Waals surface area contributed by atoms with E-state index in [1.807, 2.05) is 36.1 Å². The van der Waals surface area contributed by atoms with Crippen LogP contribution in [-0.2, 0) is 24.4 Å². The minimum Gasteiger partial charge on any atom is -0.493 e. The molecular formula is C43H44Cl2FN3O4. The highest BCUT2D eigenvalue weighted by atomic mass is 35.5. The van der Waals surface area contributed by atoms with Gasteiger partial charge in [0.1, 0.15) is 23.9 Å². The number of piperazine rings is 1. The lowest BCUT2D eigenvalue weighted by molar-refractivity contribution is -0.127. The Kier molecular flexibility index (Phi) is 13.9. The van der Waals surface area contributed by atoms with E-state index < -0.39 is 0 Å². The van der Waals surface area contributed by atoms with Crippen LogP contribution in [0.15, 0.2) is 103 Å². The molecule has 1 aromatic heterocycles. The maximum absolute atomic E-state index is 13.8. The summed E-state index contributed by atoms with van der Waals surface area (Å²) in [5, 5.41) is 0.410. The molecule has 0 N–H and O–H groups in total. The zero-order chi connectivity index (χ0) is 36.5. The molecule has 10 heteroatoms. The molecule has 1 saturated heterocycles. The summed E-state index contributed by atoms with van der Waals surface area (Å²) in [4.78, 5) is 21.6. The standard InChI is InChI=1S/C43H43ClFN3O4.ClH/c1-30-4-13-37(14-5-30)50-23-18-33-8-10-34(11-9-33)28-47-19-21-48(22-20-47)42(49)17-12-35-24-32(3)43(39(44)25-35)52-41-16-15-38(27-46-41)51-29-36-7-6-31(2)40(45)26-36;/h4-17,24-27H,18-23,28-29H2,1-3H3;1H/b17-12+;. The quantitative estimate of drug-likeness (QED) is 0.112. The molecule has 0 spiro atoms. The number of aryl methyl sites for hydroxylation is 3. The van der Waals surface area contributed by atoms with E-state index in [1.54, 1.807) is 49.5 Å². The first-order valence-corrected chi connectivity index (χ1v) is 17.8. The molecule has 2 heterocycles. The predicted octanol–water partition coefficient (Wildman–Crippen LogP) is 9.57. The minimum atomic E-state index is -0.261. The van der Waals surface area contributed by atoms with E-state index in [2.05, 4.69) is 53.2 Å². The average Bonchev–Trinajstić information content (AvgIpc) is 3.15. The summed E-state index contributed by atoms with van der Waals surface area (Å²) in [6, 6.07) is 29.0. The van der Waals surface area contributed by atoms with Crippen molar-refractivity contribution in [1.82, 2.24) is 14.8 Å². The third-order valence-electron chi connectivity index (χ3n) is 9.02. The van der Waals surface area contributed by atoms with Crippen LogP contribution in [0.5, 0.6) is 23.1 Å². The fourth-order valence-corrected chi connectivity index (χ4v) is 6.20. The van der Waals surface area contributed by atoms with Gasteiger partial charge in [0.15, 0.2) is 5.75 Å². The molecule has 1 fully saturated rings. The molecule has 7 nitrogen and oxygen atoms in total. The van der Waals surface area contributed by atoms with Gasteiger partial charge in [-0.25, -0.2) is 9.37 Å². The van der Waals surface area contributed by atoms with Crippen LogP contribution in [-0.4, -0.2) is 53.5 Å². The summed E-state index contributed by atoms with van der Waals surface area (Å²) in [6.07, 6.45) is 5.80. The Bertz CT molecular complexity index is 1970. The smallest absolute Gasteiger partial charge is 0.246 e. The number of rotatable bonds is 13. The van der Waals surface area contributed by atoms with E-state index in [-0.39, 0.29) is 30.7 Å². The number of nitrogens with zero attached hydrogens (tertiary/aromatic N) is 3. The molecule has 0 aliphatic carbocycles. The maximum Gasteiger partial charge on any atom is 0.246 e. The van der Waals surface area contributed by atoms with Crippen LogP contribution in [0.1, 0.15) is 38.9 Å². The van der Waals surface area contributed by atoms with Gasteiger partial charge in [0.25, 0.3) is 0 Å². The van der Waals surface area contributed by atoms with Gasteiger partial charge in [0, 0.05) is 51.3 Å². The SMILES string of the molecule is Cc1ccc(OCCc2ccc(CN3CCN(C(=O)/C=C/c4cc(C)c(Oc5ccc(OCc6ccc(C)c(F)c6)cn5)c(Cl)c4)CC3)cc2)cc1.Cl. The Morgan fingerprint density at radius 2 is 1.51 bits per heavy atom. The first-order valence-electron chi connectivity index (χ1n) is 17.5. The normalized spacial score (nSPS) is 13.1. The van der Waals surface area contributed by atoms with Crippen LogP contribution < -0.4 is 14.2 Å². The van der Waals surface area contributed by atoms with E-state index >= 15 is 0 Å². The molecule has 5 aromatic rings. The van der Waals surface area contributed by atoms with Crippen LogP contribution in [0.4, 0.5) is 4.39 Å². The number of aromatic nitrogens is 1. The second kappa shape index (κ2) is 18.7. The van der Waals surface area contributed by atoms with Crippen molar-refractivity contribution in [3.05, 3.63) is 153 Å². The Morgan fingerprint density at radius 1 is 0.811 bits per heavy atom. The Hall–Kier alpha value is -4.89. The molecule has 1 aliphatic rings. The molecule has 0 radical (unpaired) electrons. The van der Waals surface area contributed by atoms with Crippen LogP contribution in [0.2, 0.25) is 5.02 Å². The molecule has 53 heavy (non-hydrogen) atoms. The highest BCUT2D eigenvalue weighted by molar-refractivity contribution is 6.32. The van der Waals surface area contributed by atoms with Crippen LogP contribution in [0.3, 0.4) is 0 Å². The first-order chi connectivity index (χ1) is 25.2. The number of amides is 1. The Morgan fingerprint density at radius 3 is 2.19 bits per heavy atom. The largest absolute Gasteiger partial charge is 0.493 e. The van der Waals surface area contributed by atoms with Gasteiger partial charge in [-0.3, -0.25) is 9.69 Å². The number of pyridine rings is 1. The number of carbonyl (C=O) groups is 1. The number of hydrogen-bond acceptors (Lipinski definition) is 6. The molecule has 276 valence electrons. The number of halogens is 3. The summed E-state index contributed by atoms with van der Waals surface area (Å²) in [7, 11) is 0. The van der Waals surface area contributed by atoms with Crippen molar-refractivity contribution >= 4 is 36.0 Å². The van der Waals surface area contributed by atoms with Gasteiger partial charge in [-0.1, -0.05) is 65.7 Å². The fraction of sp³-hybridized carbons (Fsp3) is 0.256. The van der Waals surface area contributed by atoms with Crippen molar-refractivity contribution in [3.63, 3.8) is 0 Å². The van der Waals surface area contributed by atoms with E-state index in [9.17, 15) is 9.18 Å². The molecular weight excluding hydrogens is 712 g/mol. The van der Waals surface area contributed by atoms with Crippen molar-refractivity contribution in [2.45, 2.75) is 40.3 Å². The third kappa shape index (κ3) is 11.3. The van der Waals surface area contributed by atoms with Gasteiger partial charge >= 0.3 is 0 Å². The second-order valence-corrected chi connectivity index (χ2v) is 13.5. The van der Waals surface area contributed by atoms with Crippen molar-refractivity contribution in [1.29, 1.82) is 0 Å². The van der Waals surface area contributed by atoms with Crippen LogP contribution >= 0.6 is 24.0 Å². The molecule has 0 atom stereocenters. The van der Waals surface area contributed by atoms with E-state index in [1.165, 1.54) is 22.8 Å². The molecule has 0 saturated carbocycles. The molecule has 1 aliphatic heterocycles. The fourth-order valence-electron chi connectivity index (χ4n) is 5.88. The highest BCUT2D eigenvalue weighted by Crippen LogP contribution is 2.34. The van der Waals surface area contributed by atoms with E-state index in [4.69, 9.17) is 25.8 Å². The Labute approximate surface area is 322 Å². The van der Waals surface area contributed by atoms with Crippen molar-refractivity contribution < 1.29 is 23.4 Å². The molecule has 6 rings (SSSR count). The van der Waals surface area contributed by atoms with Crippen molar-refractivity contribution in [2.24, 2.45) is 0 Å². The number of carbonyl (C=O) groups excluding carboxylic acids is 1. The lowest BCUT2D eigenvalue weighted by Gasteiger charge is -2.34. The summed E-state index contributed by atoms with van der Waals surface area (Å²) >= 11 is 6.61. The van der Waals surface area contributed by atoms with Crippen molar-refractivity contribution in [3.8, 4) is 23.1 Å². The molecule has 0 unspecified atom stereocenters. The molecule has 4 aromatic carbocycles. The topological polar surface area (TPSA) is 64.1 Å². The number of ether oxygens (including phenoxy) is 3. The zero-order valence-electron chi connectivity index (χ0n) is 30.2. The van der Waals surface area contributed by atoms with Gasteiger partial charge in [-0.05, 0) is 96.6 Å². The van der Waals surface area contributed by atoms with Gasteiger partial charge in [-0.15, -0.1) is 12.4 Å². The highest BCUT2D eigenvalue weighted by Gasteiger charge is 2.20. The predicted molar refractivity (Wildman–Crippen MR) is 211 cm³/mol. The minimum absolute atomic E-state index is 0. The summed E-state index contributed by atoms with van der Waals surface area (Å²) in [5.41, 5.74) is 6.67. The molecule has 0 bridgehead atoms. The van der Waals surface area contributed by atoms with Gasteiger partial charge in [0.05, 0.1) is 17.8 Å². The van der Waals surface area contributed by atoms with Gasteiger partial charge < -0.3 is 19.1 Å². The van der Waals surface area contributed by atoms with Gasteiger partial charge in [0.2, 0.25) is 11.8 Å². The van der Waals surface area contributed by atoms with E-state index in [0.717, 1.165) is 48.5 Å². The van der Waals surface area contributed by atoms with Crippen molar-refractivity contribution in [2.75, 3.05) is 32.8 Å². The zero-order valence-corrected chi connectivity index (χ0v) is 31.8. The average molecular weight is 757 g/mol. The summed E-state index contributed by atoms with van der Waals surface area (Å²) in [5.74, 6) is 1.99.